The molecule has 3 rings (SSSR count). The lowest BCUT2D eigenvalue weighted by atomic mass is 9.88. The van der Waals surface area contributed by atoms with E-state index in [1.165, 1.54) is 19.8 Å². The number of fused-ring (bicyclic) bond motifs is 1. The Labute approximate surface area is 147 Å². The molecule has 5 nitrogen and oxygen atoms in total. The fraction of sp³-hybridized carbons (Fsp3) is 0.350. The third kappa shape index (κ3) is 3.63. The van der Waals surface area contributed by atoms with Crippen molar-refractivity contribution < 1.29 is 4.79 Å². The van der Waals surface area contributed by atoms with Gasteiger partial charge in [0.2, 0.25) is 5.91 Å². The molecule has 0 radical (unpaired) electrons. The first-order valence-electron chi connectivity index (χ1n) is 8.69. The maximum Gasteiger partial charge on any atom is 0.221 e. The van der Waals surface area contributed by atoms with Crippen LogP contribution in [-0.4, -0.2) is 10.9 Å². The minimum Gasteiger partial charge on any atom is -0.383 e. The van der Waals surface area contributed by atoms with Crippen LogP contribution >= 0.6 is 0 Å². The highest BCUT2D eigenvalue weighted by molar-refractivity contribution is 5.89. The molecule has 1 aliphatic rings. The molecule has 0 bridgehead atoms. The Kier molecular flexibility index (Phi) is 4.99. The normalized spacial score (nSPS) is 13.9. The molecule has 25 heavy (non-hydrogen) atoms. The number of anilines is 2. The van der Waals surface area contributed by atoms with E-state index in [0.717, 1.165) is 53.8 Å². The fourth-order valence-corrected chi connectivity index (χ4v) is 3.47. The van der Waals surface area contributed by atoms with Crippen LogP contribution in [0.4, 0.5) is 11.5 Å². The molecule has 1 heterocycles. The van der Waals surface area contributed by atoms with Gasteiger partial charge < -0.3 is 11.1 Å². The monoisotopic (exact) mass is 334 g/mol. The number of carbonyl (C=O) groups excluding carboxylic acids is 1. The number of benzene rings is 1. The van der Waals surface area contributed by atoms with Crippen molar-refractivity contribution in [2.24, 2.45) is 0 Å². The van der Waals surface area contributed by atoms with E-state index >= 15 is 0 Å². The zero-order valence-corrected chi connectivity index (χ0v) is 14.4. The molecule has 0 saturated carbocycles. The van der Waals surface area contributed by atoms with E-state index < -0.39 is 0 Å². The molecular formula is C20H22N4O. The summed E-state index contributed by atoms with van der Waals surface area (Å²) in [5, 5.41) is 12.4. The summed E-state index contributed by atoms with van der Waals surface area (Å²) in [6.07, 6.45) is 6.43. The van der Waals surface area contributed by atoms with Crippen LogP contribution in [0.15, 0.2) is 24.3 Å². The highest BCUT2D eigenvalue weighted by Crippen LogP contribution is 2.35. The number of carbonyl (C=O) groups is 1. The summed E-state index contributed by atoms with van der Waals surface area (Å²) in [5.41, 5.74) is 11.3. The molecule has 5 heteroatoms. The number of nitrogens with one attached hydrogen (secondary N) is 1. The molecule has 1 aromatic carbocycles. The predicted molar refractivity (Wildman–Crippen MR) is 99.0 cm³/mol. The maximum atomic E-state index is 11.2. The number of aromatic nitrogens is 1. The third-order valence-electron chi connectivity index (χ3n) is 4.61. The van der Waals surface area contributed by atoms with E-state index in [4.69, 9.17) is 5.73 Å². The largest absolute Gasteiger partial charge is 0.383 e. The zero-order valence-electron chi connectivity index (χ0n) is 14.4. The minimum atomic E-state index is -0.108. The average Bonchev–Trinajstić information content (AvgIpc) is 2.56. The molecule has 3 N–H and O–H groups in total. The predicted octanol–water partition coefficient (Wildman–Crippen LogP) is 3.82. The Morgan fingerprint density at radius 3 is 2.48 bits per heavy atom. The molecule has 128 valence electrons. The van der Waals surface area contributed by atoms with Gasteiger partial charge in [-0.1, -0.05) is 25.0 Å². The van der Waals surface area contributed by atoms with Crippen LogP contribution in [0.2, 0.25) is 0 Å². The fourth-order valence-electron chi connectivity index (χ4n) is 3.47. The van der Waals surface area contributed by atoms with Crippen LogP contribution in [0.1, 0.15) is 49.4 Å². The molecule has 1 aliphatic carbocycles. The van der Waals surface area contributed by atoms with Crippen LogP contribution < -0.4 is 11.1 Å². The molecule has 0 saturated heterocycles. The van der Waals surface area contributed by atoms with E-state index in [1.54, 1.807) is 0 Å². The van der Waals surface area contributed by atoms with E-state index in [-0.39, 0.29) is 5.91 Å². The Balaban J connectivity index is 2.13. The number of hydrogen-bond acceptors (Lipinski definition) is 4. The number of rotatable bonds is 2. The van der Waals surface area contributed by atoms with Gasteiger partial charge in [-0.05, 0) is 48.9 Å². The van der Waals surface area contributed by atoms with E-state index in [1.807, 2.05) is 24.3 Å². The summed E-state index contributed by atoms with van der Waals surface area (Å²) < 4.78 is 0. The van der Waals surface area contributed by atoms with Gasteiger partial charge in [0.25, 0.3) is 0 Å². The van der Waals surface area contributed by atoms with E-state index in [2.05, 4.69) is 16.4 Å². The number of nitrogens with two attached hydrogens (primary N) is 1. The Morgan fingerprint density at radius 2 is 1.84 bits per heavy atom. The first-order valence-corrected chi connectivity index (χ1v) is 8.69. The molecule has 0 atom stereocenters. The number of nitriles is 1. The molecular weight excluding hydrogens is 312 g/mol. The third-order valence-corrected chi connectivity index (χ3v) is 4.61. The second-order valence-electron chi connectivity index (χ2n) is 6.46. The summed E-state index contributed by atoms with van der Waals surface area (Å²) >= 11 is 0. The Bertz CT molecular complexity index is 834. The quantitative estimate of drug-likeness (QED) is 0.873. The first kappa shape index (κ1) is 17.0. The van der Waals surface area contributed by atoms with Crippen LogP contribution in [-0.2, 0) is 17.6 Å². The average molecular weight is 334 g/mol. The van der Waals surface area contributed by atoms with Crippen LogP contribution in [0, 0.1) is 11.3 Å². The van der Waals surface area contributed by atoms with Gasteiger partial charge >= 0.3 is 0 Å². The van der Waals surface area contributed by atoms with Crippen molar-refractivity contribution in [1.29, 1.82) is 5.26 Å². The van der Waals surface area contributed by atoms with Gasteiger partial charge in [-0.15, -0.1) is 0 Å². The number of nitrogens with zero attached hydrogens (tertiary/aromatic N) is 2. The van der Waals surface area contributed by atoms with Crippen molar-refractivity contribution in [2.45, 2.75) is 45.4 Å². The Morgan fingerprint density at radius 1 is 1.16 bits per heavy atom. The second-order valence-corrected chi connectivity index (χ2v) is 6.46. The van der Waals surface area contributed by atoms with Crippen molar-refractivity contribution in [3.63, 3.8) is 0 Å². The highest BCUT2D eigenvalue weighted by atomic mass is 16.1. The lowest BCUT2D eigenvalue weighted by molar-refractivity contribution is -0.114. The number of amides is 1. The van der Waals surface area contributed by atoms with E-state index in [0.29, 0.717) is 11.4 Å². The summed E-state index contributed by atoms with van der Waals surface area (Å²) in [7, 11) is 0. The van der Waals surface area contributed by atoms with Gasteiger partial charge in [0.15, 0.2) is 0 Å². The summed E-state index contributed by atoms with van der Waals surface area (Å²) in [4.78, 5) is 15.7. The molecule has 1 aromatic heterocycles. The Hall–Kier alpha value is -2.87. The smallest absolute Gasteiger partial charge is 0.221 e. The molecule has 0 spiro atoms. The van der Waals surface area contributed by atoms with Crippen LogP contribution in [0.5, 0.6) is 0 Å². The second kappa shape index (κ2) is 7.35. The number of hydrogen-bond donors (Lipinski definition) is 2. The zero-order chi connectivity index (χ0) is 17.8. The molecule has 0 fully saturated rings. The van der Waals surface area contributed by atoms with Gasteiger partial charge in [0.1, 0.15) is 17.5 Å². The first-order chi connectivity index (χ1) is 12.1. The highest BCUT2D eigenvalue weighted by Gasteiger charge is 2.20. The molecule has 1 amide bonds. The topological polar surface area (TPSA) is 91.8 Å². The number of pyridine rings is 1. The standard InChI is InChI=1S/C20H22N4O/c1-13(25)23-15-10-8-14(9-11-15)19-16-6-4-2-3-5-7-18(16)24-20(22)17(19)12-21/h8-11H,2-7H2,1H3,(H2,22,24)(H,23,25). The van der Waals surface area contributed by atoms with Gasteiger partial charge in [0.05, 0.1) is 0 Å². The summed E-state index contributed by atoms with van der Waals surface area (Å²) in [6.45, 7) is 1.48. The summed E-state index contributed by atoms with van der Waals surface area (Å²) in [6, 6.07) is 9.80. The number of aryl methyl sites for hydroxylation is 1. The van der Waals surface area contributed by atoms with Gasteiger partial charge in [0, 0.05) is 23.9 Å². The van der Waals surface area contributed by atoms with Crippen molar-refractivity contribution in [3.8, 4) is 17.2 Å². The van der Waals surface area contributed by atoms with Crippen molar-refractivity contribution in [1.82, 2.24) is 4.98 Å². The number of nitrogen functional groups attached to an aromatic ring is 1. The molecule has 2 aromatic rings. The minimum absolute atomic E-state index is 0.108. The molecule has 0 aliphatic heterocycles. The lowest BCUT2D eigenvalue weighted by Crippen LogP contribution is -2.10. The molecule has 0 unspecified atom stereocenters. The van der Waals surface area contributed by atoms with Crippen molar-refractivity contribution >= 4 is 17.4 Å². The van der Waals surface area contributed by atoms with Gasteiger partial charge in [-0.2, -0.15) is 5.26 Å². The lowest BCUT2D eigenvalue weighted by Gasteiger charge is -2.20. The van der Waals surface area contributed by atoms with Gasteiger partial charge in [-0.25, -0.2) is 4.98 Å². The van der Waals surface area contributed by atoms with Crippen molar-refractivity contribution in [2.75, 3.05) is 11.1 Å². The van der Waals surface area contributed by atoms with Crippen LogP contribution in [0.3, 0.4) is 0 Å². The van der Waals surface area contributed by atoms with Crippen LogP contribution in [0.25, 0.3) is 11.1 Å². The van der Waals surface area contributed by atoms with Gasteiger partial charge in [-0.3, -0.25) is 4.79 Å². The SMILES string of the molecule is CC(=O)Nc1ccc(-c2c(C#N)c(N)nc3c2CCCCCC3)cc1. The summed E-state index contributed by atoms with van der Waals surface area (Å²) in [5.74, 6) is 0.200. The maximum absolute atomic E-state index is 11.2. The van der Waals surface area contributed by atoms with E-state index in [9.17, 15) is 10.1 Å². The van der Waals surface area contributed by atoms with Crippen molar-refractivity contribution in [3.05, 3.63) is 41.1 Å².